The summed E-state index contributed by atoms with van der Waals surface area (Å²) in [6.07, 6.45) is 5.73. The van der Waals surface area contributed by atoms with E-state index in [0.717, 1.165) is 44.8 Å². The van der Waals surface area contributed by atoms with Gasteiger partial charge in [0, 0.05) is 32.8 Å². The molecule has 5 nitrogen and oxygen atoms in total. The number of nitrogens with one attached hydrogen (secondary N) is 1. The van der Waals surface area contributed by atoms with Crippen LogP contribution in [0.4, 0.5) is 4.79 Å². The first-order valence-corrected chi connectivity index (χ1v) is 8.55. The van der Waals surface area contributed by atoms with Crippen LogP contribution in [0, 0.1) is 11.8 Å². The zero-order chi connectivity index (χ0) is 15.1. The van der Waals surface area contributed by atoms with Gasteiger partial charge in [-0.15, -0.1) is 0 Å². The molecule has 2 heterocycles. The van der Waals surface area contributed by atoms with Crippen molar-refractivity contribution in [3.63, 3.8) is 0 Å². The second-order valence-corrected chi connectivity index (χ2v) is 6.77. The number of aliphatic hydroxyl groups excluding tert-OH is 1. The van der Waals surface area contributed by atoms with Crippen LogP contribution in [0.2, 0.25) is 0 Å². The number of aliphatic hydroxyl groups is 1. The van der Waals surface area contributed by atoms with Crippen molar-refractivity contribution in [1.29, 1.82) is 0 Å². The highest BCUT2D eigenvalue weighted by molar-refractivity contribution is 5.74. The van der Waals surface area contributed by atoms with Crippen LogP contribution in [0.5, 0.6) is 0 Å². The number of hydrogen-bond donors (Lipinski definition) is 2. The van der Waals surface area contributed by atoms with Crippen LogP contribution in [0.25, 0.3) is 0 Å². The summed E-state index contributed by atoms with van der Waals surface area (Å²) in [6.45, 7) is 8.30. The Bertz CT molecular complexity index is 325. The fourth-order valence-electron chi connectivity index (χ4n) is 3.50. The summed E-state index contributed by atoms with van der Waals surface area (Å²) < 4.78 is 0. The number of amides is 2. The molecule has 2 aliphatic heterocycles. The Morgan fingerprint density at radius 2 is 2.05 bits per heavy atom. The molecule has 122 valence electrons. The largest absolute Gasteiger partial charge is 0.396 e. The van der Waals surface area contributed by atoms with Crippen molar-refractivity contribution >= 4 is 6.03 Å². The van der Waals surface area contributed by atoms with E-state index in [4.69, 9.17) is 0 Å². The molecule has 0 aromatic carbocycles. The predicted molar refractivity (Wildman–Crippen MR) is 84.2 cm³/mol. The number of piperidine rings is 2. The molecular formula is C16H31N3O2. The molecule has 2 N–H and O–H groups in total. The van der Waals surface area contributed by atoms with Crippen LogP contribution in [0.1, 0.15) is 39.0 Å². The van der Waals surface area contributed by atoms with E-state index in [9.17, 15) is 9.90 Å². The van der Waals surface area contributed by atoms with E-state index in [1.807, 2.05) is 4.90 Å². The average Bonchev–Trinajstić information content (AvgIpc) is 2.51. The zero-order valence-corrected chi connectivity index (χ0v) is 13.4. The van der Waals surface area contributed by atoms with E-state index in [1.165, 1.54) is 25.9 Å². The van der Waals surface area contributed by atoms with Crippen molar-refractivity contribution < 1.29 is 9.90 Å². The molecule has 5 heteroatoms. The van der Waals surface area contributed by atoms with Gasteiger partial charge in [-0.05, 0) is 57.0 Å². The van der Waals surface area contributed by atoms with E-state index < -0.39 is 0 Å². The number of rotatable bonds is 5. The Balaban J connectivity index is 1.58. The van der Waals surface area contributed by atoms with Crippen LogP contribution in [0.3, 0.4) is 0 Å². The number of urea groups is 1. The lowest BCUT2D eigenvalue weighted by Gasteiger charge is -2.32. The van der Waals surface area contributed by atoms with Crippen molar-refractivity contribution in [2.75, 3.05) is 45.9 Å². The topological polar surface area (TPSA) is 55.8 Å². The van der Waals surface area contributed by atoms with Gasteiger partial charge < -0.3 is 20.2 Å². The molecular weight excluding hydrogens is 266 g/mol. The van der Waals surface area contributed by atoms with Crippen LogP contribution >= 0.6 is 0 Å². The van der Waals surface area contributed by atoms with Gasteiger partial charge in [-0.2, -0.15) is 0 Å². The minimum atomic E-state index is 0.0418. The molecule has 2 rings (SSSR count). The summed E-state index contributed by atoms with van der Waals surface area (Å²) in [7, 11) is 0. The first kappa shape index (κ1) is 16.6. The Morgan fingerprint density at radius 1 is 1.24 bits per heavy atom. The maximum Gasteiger partial charge on any atom is 0.317 e. The number of hydrogen-bond acceptors (Lipinski definition) is 3. The van der Waals surface area contributed by atoms with E-state index in [0.29, 0.717) is 6.54 Å². The smallest absolute Gasteiger partial charge is 0.317 e. The highest BCUT2D eigenvalue weighted by Gasteiger charge is 2.22. The maximum atomic E-state index is 12.1. The molecule has 0 bridgehead atoms. The molecule has 2 atom stereocenters. The summed E-state index contributed by atoms with van der Waals surface area (Å²) >= 11 is 0. The predicted octanol–water partition coefficient (Wildman–Crippen LogP) is 1.52. The molecule has 0 saturated carbocycles. The number of likely N-dealkylation sites (tertiary alicyclic amines) is 2. The monoisotopic (exact) mass is 297 g/mol. The number of carbonyl (C=O) groups excluding carboxylic acids is 1. The zero-order valence-electron chi connectivity index (χ0n) is 13.4. The van der Waals surface area contributed by atoms with E-state index in [2.05, 4.69) is 17.1 Å². The van der Waals surface area contributed by atoms with Gasteiger partial charge in [0.05, 0.1) is 0 Å². The van der Waals surface area contributed by atoms with Crippen molar-refractivity contribution in [3.05, 3.63) is 0 Å². The lowest BCUT2D eigenvalue weighted by Crippen LogP contribution is -2.46. The van der Waals surface area contributed by atoms with Crippen molar-refractivity contribution in [1.82, 2.24) is 15.1 Å². The van der Waals surface area contributed by atoms with Gasteiger partial charge in [0.25, 0.3) is 0 Å². The fraction of sp³-hybridized carbons (Fsp3) is 0.938. The van der Waals surface area contributed by atoms with Crippen LogP contribution in [-0.2, 0) is 0 Å². The van der Waals surface area contributed by atoms with E-state index in [1.54, 1.807) is 0 Å². The van der Waals surface area contributed by atoms with Gasteiger partial charge in [0.1, 0.15) is 0 Å². The molecule has 2 aliphatic rings. The van der Waals surface area contributed by atoms with E-state index >= 15 is 0 Å². The minimum Gasteiger partial charge on any atom is -0.396 e. The molecule has 0 aliphatic carbocycles. The molecule has 0 radical (unpaired) electrons. The van der Waals surface area contributed by atoms with Gasteiger partial charge >= 0.3 is 6.03 Å². The average molecular weight is 297 g/mol. The summed E-state index contributed by atoms with van der Waals surface area (Å²) in [5.74, 6) is 1.08. The first-order chi connectivity index (χ1) is 10.2. The maximum absolute atomic E-state index is 12.1. The SMILES string of the molecule is CC1CCCN(CCCNC(=O)N2CCCC(CO)C2)C1. The quantitative estimate of drug-likeness (QED) is 0.757. The Hall–Kier alpha value is -0.810. The molecule has 21 heavy (non-hydrogen) atoms. The van der Waals surface area contributed by atoms with Crippen LogP contribution in [-0.4, -0.2) is 66.8 Å². The number of nitrogens with zero attached hydrogens (tertiary/aromatic N) is 2. The third-order valence-electron chi connectivity index (χ3n) is 4.73. The highest BCUT2D eigenvalue weighted by atomic mass is 16.3. The van der Waals surface area contributed by atoms with Gasteiger partial charge in [-0.25, -0.2) is 4.79 Å². The lowest BCUT2D eigenvalue weighted by atomic mass is 9.99. The second kappa shape index (κ2) is 8.59. The summed E-state index contributed by atoms with van der Waals surface area (Å²) in [4.78, 5) is 16.5. The highest BCUT2D eigenvalue weighted by Crippen LogP contribution is 2.16. The lowest BCUT2D eigenvalue weighted by molar-refractivity contribution is 0.129. The molecule has 2 saturated heterocycles. The first-order valence-electron chi connectivity index (χ1n) is 8.55. The van der Waals surface area contributed by atoms with Gasteiger partial charge in [0.15, 0.2) is 0 Å². The fourth-order valence-corrected chi connectivity index (χ4v) is 3.50. The Morgan fingerprint density at radius 3 is 2.81 bits per heavy atom. The molecule has 2 amide bonds. The summed E-state index contributed by atoms with van der Waals surface area (Å²) in [6, 6.07) is 0.0418. The standard InChI is InChI=1S/C16H31N3O2/c1-14-5-2-8-18(11-14)9-4-7-17-16(21)19-10-3-6-15(12-19)13-20/h14-15,20H,2-13H2,1H3,(H,17,21). The van der Waals surface area contributed by atoms with E-state index in [-0.39, 0.29) is 18.6 Å². The van der Waals surface area contributed by atoms with Crippen LogP contribution < -0.4 is 5.32 Å². The van der Waals surface area contributed by atoms with Gasteiger partial charge in [0.2, 0.25) is 0 Å². The molecule has 2 unspecified atom stereocenters. The number of carbonyl (C=O) groups is 1. The molecule has 0 aromatic rings. The van der Waals surface area contributed by atoms with Crippen LogP contribution in [0.15, 0.2) is 0 Å². The Labute approximate surface area is 128 Å². The van der Waals surface area contributed by atoms with Crippen molar-refractivity contribution in [3.8, 4) is 0 Å². The van der Waals surface area contributed by atoms with Gasteiger partial charge in [-0.3, -0.25) is 0 Å². The normalized spacial score (nSPS) is 27.6. The third kappa shape index (κ3) is 5.47. The minimum absolute atomic E-state index is 0.0418. The molecule has 2 fully saturated rings. The van der Waals surface area contributed by atoms with Crippen molar-refractivity contribution in [2.24, 2.45) is 11.8 Å². The molecule has 0 aromatic heterocycles. The third-order valence-corrected chi connectivity index (χ3v) is 4.73. The summed E-state index contributed by atoms with van der Waals surface area (Å²) in [5, 5.41) is 12.2. The van der Waals surface area contributed by atoms with Gasteiger partial charge in [-0.1, -0.05) is 6.92 Å². The second-order valence-electron chi connectivity index (χ2n) is 6.77. The summed E-state index contributed by atoms with van der Waals surface area (Å²) in [5.41, 5.74) is 0. The van der Waals surface area contributed by atoms with Crippen molar-refractivity contribution in [2.45, 2.75) is 39.0 Å². The molecule has 0 spiro atoms. The Kier molecular flexibility index (Phi) is 6.77.